The highest BCUT2D eigenvalue weighted by molar-refractivity contribution is 6.23. The lowest BCUT2D eigenvalue weighted by atomic mass is 9.83. The van der Waals surface area contributed by atoms with E-state index < -0.39 is 0 Å². The highest BCUT2D eigenvalue weighted by atomic mass is 15.0. The SMILES string of the molecule is Cc1ccc2[n+](c1)C(C)C(C[n+]1ccc(-c3ccccc3)cc1-c1cc3c4cccc5c6cc(C(C)(C)C)ccc6n(c3cc1C)c54)c1ccccc1-2. The van der Waals surface area contributed by atoms with Crippen LogP contribution in [0.5, 0.6) is 0 Å². The summed E-state index contributed by atoms with van der Waals surface area (Å²) in [6.07, 6.45) is 4.67. The topological polar surface area (TPSA) is 12.2 Å². The van der Waals surface area contributed by atoms with Crippen molar-refractivity contribution in [2.45, 2.75) is 65.5 Å². The van der Waals surface area contributed by atoms with Gasteiger partial charge in [0.1, 0.15) is 5.92 Å². The second-order valence-corrected chi connectivity index (χ2v) is 16.5. The predicted octanol–water partition coefficient (Wildman–Crippen LogP) is 11.7. The molecular weight excluding hydrogens is 643 g/mol. The highest BCUT2D eigenvalue weighted by Gasteiger charge is 2.40. The second kappa shape index (κ2) is 11.6. The van der Waals surface area contributed by atoms with Crippen LogP contribution < -0.4 is 9.13 Å². The number of hydrogen-bond donors (Lipinski definition) is 0. The Balaban J connectivity index is 1.18. The maximum Gasteiger partial charge on any atom is 0.213 e. The third kappa shape index (κ3) is 4.87. The van der Waals surface area contributed by atoms with Crippen molar-refractivity contribution in [2.75, 3.05) is 0 Å². The van der Waals surface area contributed by atoms with E-state index in [0.717, 1.165) is 6.54 Å². The first-order valence-corrected chi connectivity index (χ1v) is 19.1. The van der Waals surface area contributed by atoms with Gasteiger partial charge in [-0.1, -0.05) is 93.6 Å². The molecule has 0 fully saturated rings. The molecule has 3 heteroatoms. The fraction of sp³-hybridized carbons (Fsp3) is 0.200. The molecule has 1 aliphatic rings. The van der Waals surface area contributed by atoms with Crippen LogP contribution in [0.4, 0.5) is 0 Å². The van der Waals surface area contributed by atoms with E-state index in [0.29, 0.717) is 12.0 Å². The number of pyridine rings is 2. The van der Waals surface area contributed by atoms with Crippen LogP contribution in [0, 0.1) is 13.8 Å². The minimum absolute atomic E-state index is 0.0932. The van der Waals surface area contributed by atoms with Gasteiger partial charge in [-0.3, -0.25) is 0 Å². The quantitative estimate of drug-likeness (QED) is 0.163. The molecule has 4 aromatic heterocycles. The third-order valence-corrected chi connectivity index (χ3v) is 12.1. The van der Waals surface area contributed by atoms with E-state index in [4.69, 9.17) is 0 Å². The van der Waals surface area contributed by atoms with Crippen molar-refractivity contribution in [3.63, 3.8) is 0 Å². The summed E-state index contributed by atoms with van der Waals surface area (Å²) < 4.78 is 7.55. The molecule has 0 bridgehead atoms. The first-order chi connectivity index (χ1) is 25.7. The van der Waals surface area contributed by atoms with Gasteiger partial charge in [-0.2, -0.15) is 9.13 Å². The average molecular weight is 688 g/mol. The first-order valence-electron chi connectivity index (χ1n) is 19.1. The van der Waals surface area contributed by atoms with Crippen LogP contribution in [0.15, 0.2) is 140 Å². The highest BCUT2D eigenvalue weighted by Crippen LogP contribution is 2.43. The Morgan fingerprint density at radius 2 is 1.38 bits per heavy atom. The molecule has 10 rings (SSSR count). The molecule has 1 aliphatic heterocycles. The molecule has 5 aromatic carbocycles. The predicted molar refractivity (Wildman–Crippen MR) is 220 cm³/mol. The zero-order valence-corrected chi connectivity index (χ0v) is 31.5. The van der Waals surface area contributed by atoms with E-state index in [9.17, 15) is 0 Å². The van der Waals surface area contributed by atoms with Gasteiger partial charge in [0.25, 0.3) is 0 Å². The molecular formula is C50H45N3+2. The normalized spacial score (nSPS) is 15.8. The molecule has 3 nitrogen and oxygen atoms in total. The molecule has 0 aliphatic carbocycles. The summed E-state index contributed by atoms with van der Waals surface area (Å²) in [5.41, 5.74) is 17.0. The Morgan fingerprint density at radius 1 is 0.623 bits per heavy atom. The maximum atomic E-state index is 2.53. The minimum atomic E-state index is 0.0932. The monoisotopic (exact) mass is 687 g/mol. The summed E-state index contributed by atoms with van der Waals surface area (Å²) in [7, 11) is 0. The van der Waals surface area contributed by atoms with Crippen LogP contribution in [0.3, 0.4) is 0 Å². The number of rotatable bonds is 4. The summed E-state index contributed by atoms with van der Waals surface area (Å²) >= 11 is 0. The van der Waals surface area contributed by atoms with E-state index in [1.54, 1.807) is 0 Å². The lowest BCUT2D eigenvalue weighted by molar-refractivity contribution is -0.738. The van der Waals surface area contributed by atoms with Crippen LogP contribution in [0.25, 0.3) is 71.7 Å². The van der Waals surface area contributed by atoms with E-state index in [-0.39, 0.29) is 5.41 Å². The van der Waals surface area contributed by atoms with Crippen molar-refractivity contribution in [1.82, 2.24) is 4.40 Å². The van der Waals surface area contributed by atoms with Crippen molar-refractivity contribution in [1.29, 1.82) is 0 Å². The molecule has 53 heavy (non-hydrogen) atoms. The standard InChI is InChI=1S/C50H45N3/c1-31-19-21-45-38-16-11-10-15-37(38)44(33(3)52(45)29-31)30-51-24-23-35(34-13-8-7-9-14-34)26-47(51)41-28-43-40-18-12-17-39-42-27-36(50(4,5)6)20-22-46(42)53(49(39)40)48(43)25-32(41)2/h7-29,33,44H,30H2,1-6H3/q+2. The van der Waals surface area contributed by atoms with Gasteiger partial charge in [-0.05, 0) is 90.4 Å². The van der Waals surface area contributed by atoms with Crippen molar-refractivity contribution >= 4 is 38.1 Å². The van der Waals surface area contributed by atoms with Gasteiger partial charge in [0, 0.05) is 50.9 Å². The number of nitrogens with zero attached hydrogens (tertiary/aromatic N) is 3. The molecule has 2 unspecified atom stereocenters. The number of benzene rings is 5. The fourth-order valence-electron chi connectivity index (χ4n) is 9.27. The molecule has 258 valence electrons. The first kappa shape index (κ1) is 31.9. The van der Waals surface area contributed by atoms with Crippen LogP contribution >= 0.6 is 0 Å². The van der Waals surface area contributed by atoms with Crippen molar-refractivity contribution < 1.29 is 9.13 Å². The van der Waals surface area contributed by atoms with Crippen LogP contribution in [0.2, 0.25) is 0 Å². The number of para-hydroxylation sites is 1. The van der Waals surface area contributed by atoms with Crippen molar-refractivity contribution in [2.24, 2.45) is 0 Å². The number of aryl methyl sites for hydroxylation is 2. The molecule has 0 amide bonds. The fourth-order valence-corrected chi connectivity index (χ4v) is 9.27. The Hall–Kier alpha value is -5.80. The van der Waals surface area contributed by atoms with E-state index in [2.05, 4.69) is 195 Å². The zero-order chi connectivity index (χ0) is 36.2. The van der Waals surface area contributed by atoms with Gasteiger partial charge in [0.15, 0.2) is 25.0 Å². The maximum absolute atomic E-state index is 2.53. The Kier molecular flexibility index (Phi) is 6.98. The molecule has 2 atom stereocenters. The Bertz CT molecular complexity index is 2890. The van der Waals surface area contributed by atoms with Gasteiger partial charge in [0.2, 0.25) is 11.4 Å². The zero-order valence-electron chi connectivity index (χ0n) is 31.5. The molecule has 5 heterocycles. The van der Waals surface area contributed by atoms with Gasteiger partial charge in [0.05, 0.1) is 22.1 Å². The van der Waals surface area contributed by atoms with Gasteiger partial charge < -0.3 is 4.40 Å². The molecule has 0 saturated heterocycles. The molecule has 0 N–H and O–H groups in total. The summed E-state index contributed by atoms with van der Waals surface area (Å²) in [6.45, 7) is 14.7. The largest absolute Gasteiger partial charge is 0.308 e. The summed E-state index contributed by atoms with van der Waals surface area (Å²) in [5, 5.41) is 5.29. The number of fused-ring (bicyclic) bond motifs is 9. The number of hydrogen-bond acceptors (Lipinski definition) is 0. The van der Waals surface area contributed by atoms with E-state index >= 15 is 0 Å². The van der Waals surface area contributed by atoms with Crippen LogP contribution in [0.1, 0.15) is 61.9 Å². The molecule has 9 aromatic rings. The lowest BCUT2D eigenvalue weighted by Gasteiger charge is -2.27. The van der Waals surface area contributed by atoms with E-state index in [1.165, 1.54) is 94.0 Å². The van der Waals surface area contributed by atoms with E-state index in [1.807, 2.05) is 0 Å². The van der Waals surface area contributed by atoms with Gasteiger partial charge in [-0.15, -0.1) is 0 Å². The number of aromatic nitrogens is 3. The Morgan fingerprint density at radius 3 is 2.17 bits per heavy atom. The molecule has 0 spiro atoms. The van der Waals surface area contributed by atoms with Gasteiger partial charge >= 0.3 is 0 Å². The van der Waals surface area contributed by atoms with Gasteiger partial charge in [-0.25, -0.2) is 0 Å². The van der Waals surface area contributed by atoms with Crippen molar-refractivity contribution in [3.05, 3.63) is 162 Å². The smallest absolute Gasteiger partial charge is 0.213 e. The van der Waals surface area contributed by atoms with Crippen molar-refractivity contribution in [3.8, 4) is 33.6 Å². The average Bonchev–Trinajstić information content (AvgIpc) is 3.67. The van der Waals surface area contributed by atoms with Crippen LogP contribution in [-0.2, 0) is 12.0 Å². The molecule has 0 radical (unpaired) electrons. The second-order valence-electron chi connectivity index (χ2n) is 16.5. The molecule has 0 saturated carbocycles. The summed E-state index contributed by atoms with van der Waals surface area (Å²) in [6, 6.07) is 48.3. The minimum Gasteiger partial charge on any atom is -0.308 e. The lowest BCUT2D eigenvalue weighted by Crippen LogP contribution is -2.50. The summed E-state index contributed by atoms with van der Waals surface area (Å²) in [5.74, 6) is 0.297. The third-order valence-electron chi connectivity index (χ3n) is 12.1. The van der Waals surface area contributed by atoms with Crippen LogP contribution in [-0.4, -0.2) is 4.40 Å². The summed E-state index contributed by atoms with van der Waals surface area (Å²) in [4.78, 5) is 0. The Labute approximate surface area is 311 Å².